The number of aromatic amines is 1. The Kier molecular flexibility index (Phi) is 5.78. The topological polar surface area (TPSA) is 104 Å². The molecule has 0 unspecified atom stereocenters. The zero-order chi connectivity index (χ0) is 20.2. The van der Waals surface area contributed by atoms with Gasteiger partial charge in [0, 0.05) is 43.9 Å². The van der Waals surface area contributed by atoms with Crippen LogP contribution < -0.4 is 16.8 Å². The molecule has 0 saturated carbocycles. The van der Waals surface area contributed by atoms with Crippen LogP contribution in [-0.2, 0) is 11.3 Å². The average molecular weight is 394 g/mol. The van der Waals surface area contributed by atoms with Gasteiger partial charge < -0.3 is 15.5 Å². The van der Waals surface area contributed by atoms with E-state index >= 15 is 0 Å². The van der Waals surface area contributed by atoms with Crippen molar-refractivity contribution in [3.8, 4) is 0 Å². The molecule has 1 amide bonds. The number of carbonyl (C=O) groups excluding carboxylic acids is 1. The average Bonchev–Trinajstić information content (AvgIpc) is 3.23. The SMILES string of the molecule is N[C@H]1CN(Cc2ccccc2)C[C@H]1CCCC(=O)Nc1ccc2[nH]c(=O)oc2c1. The van der Waals surface area contributed by atoms with Gasteiger partial charge in [-0.15, -0.1) is 0 Å². The number of oxazole rings is 1. The first-order valence-electron chi connectivity index (χ1n) is 10.0. The summed E-state index contributed by atoms with van der Waals surface area (Å²) in [6.45, 7) is 2.79. The summed E-state index contributed by atoms with van der Waals surface area (Å²) in [7, 11) is 0. The number of nitrogens with zero attached hydrogens (tertiary/aromatic N) is 1. The smallest absolute Gasteiger partial charge is 0.408 e. The van der Waals surface area contributed by atoms with E-state index in [1.165, 1.54) is 5.56 Å². The molecule has 1 aliphatic heterocycles. The van der Waals surface area contributed by atoms with Gasteiger partial charge in [-0.3, -0.25) is 14.7 Å². The van der Waals surface area contributed by atoms with Crippen LogP contribution in [0.25, 0.3) is 11.1 Å². The molecular formula is C22H26N4O3. The summed E-state index contributed by atoms with van der Waals surface area (Å²) in [5.41, 5.74) is 9.31. The van der Waals surface area contributed by atoms with Crippen LogP contribution in [0.4, 0.5) is 5.69 Å². The number of hydrogen-bond donors (Lipinski definition) is 3. The van der Waals surface area contributed by atoms with E-state index in [-0.39, 0.29) is 11.9 Å². The van der Waals surface area contributed by atoms with Crippen molar-refractivity contribution in [2.45, 2.75) is 31.8 Å². The highest BCUT2D eigenvalue weighted by Gasteiger charge is 2.29. The number of benzene rings is 2. The first kappa shape index (κ1) is 19.4. The Morgan fingerprint density at radius 1 is 1.21 bits per heavy atom. The Bertz CT molecular complexity index is 1030. The number of aromatic nitrogens is 1. The molecule has 1 fully saturated rings. The molecule has 4 N–H and O–H groups in total. The number of nitrogens with one attached hydrogen (secondary N) is 2. The minimum Gasteiger partial charge on any atom is -0.408 e. The number of carbonyl (C=O) groups is 1. The molecule has 0 bridgehead atoms. The quantitative estimate of drug-likeness (QED) is 0.571. The molecule has 2 atom stereocenters. The molecule has 1 aromatic heterocycles. The molecule has 2 aromatic carbocycles. The molecule has 29 heavy (non-hydrogen) atoms. The molecule has 152 valence electrons. The van der Waals surface area contributed by atoms with Crippen molar-refractivity contribution in [3.63, 3.8) is 0 Å². The van der Waals surface area contributed by atoms with E-state index in [1.807, 2.05) is 6.07 Å². The Morgan fingerprint density at radius 2 is 2.03 bits per heavy atom. The largest absolute Gasteiger partial charge is 0.417 e. The molecule has 7 heteroatoms. The highest BCUT2D eigenvalue weighted by molar-refractivity contribution is 5.92. The minimum atomic E-state index is -0.502. The van der Waals surface area contributed by atoms with Crippen LogP contribution >= 0.6 is 0 Å². The van der Waals surface area contributed by atoms with Gasteiger partial charge in [-0.25, -0.2) is 4.79 Å². The molecule has 3 aromatic rings. The van der Waals surface area contributed by atoms with Crippen molar-refractivity contribution >= 4 is 22.7 Å². The fourth-order valence-corrected chi connectivity index (χ4v) is 4.04. The van der Waals surface area contributed by atoms with Gasteiger partial charge >= 0.3 is 5.76 Å². The van der Waals surface area contributed by atoms with Crippen molar-refractivity contribution in [2.75, 3.05) is 18.4 Å². The second kappa shape index (κ2) is 8.63. The predicted molar refractivity (Wildman–Crippen MR) is 112 cm³/mol. The predicted octanol–water partition coefficient (Wildman–Crippen LogP) is 2.69. The lowest BCUT2D eigenvalue weighted by Crippen LogP contribution is -2.29. The Hall–Kier alpha value is -2.90. The third-order valence-corrected chi connectivity index (χ3v) is 5.50. The van der Waals surface area contributed by atoms with Gasteiger partial charge in [-0.2, -0.15) is 0 Å². The number of likely N-dealkylation sites (tertiary alicyclic amines) is 1. The van der Waals surface area contributed by atoms with Crippen LogP contribution in [0.3, 0.4) is 0 Å². The lowest BCUT2D eigenvalue weighted by atomic mass is 9.97. The molecule has 4 rings (SSSR count). The third-order valence-electron chi connectivity index (χ3n) is 5.50. The number of H-pyrrole nitrogens is 1. The van der Waals surface area contributed by atoms with Crippen molar-refractivity contribution in [2.24, 2.45) is 11.7 Å². The van der Waals surface area contributed by atoms with Crippen LogP contribution in [0.1, 0.15) is 24.8 Å². The van der Waals surface area contributed by atoms with Gasteiger partial charge in [0.2, 0.25) is 5.91 Å². The molecule has 0 radical (unpaired) electrons. The zero-order valence-corrected chi connectivity index (χ0v) is 16.3. The van der Waals surface area contributed by atoms with E-state index in [2.05, 4.69) is 39.5 Å². The molecule has 2 heterocycles. The molecule has 7 nitrogen and oxygen atoms in total. The van der Waals surface area contributed by atoms with Crippen LogP contribution in [0, 0.1) is 5.92 Å². The number of fused-ring (bicyclic) bond motifs is 1. The second-order valence-corrected chi connectivity index (χ2v) is 7.77. The maximum Gasteiger partial charge on any atom is 0.417 e. The number of nitrogens with two attached hydrogens (primary N) is 1. The van der Waals surface area contributed by atoms with Crippen LogP contribution in [0.15, 0.2) is 57.7 Å². The zero-order valence-electron chi connectivity index (χ0n) is 16.3. The Balaban J connectivity index is 1.22. The Morgan fingerprint density at radius 3 is 2.86 bits per heavy atom. The van der Waals surface area contributed by atoms with Crippen LogP contribution in [-0.4, -0.2) is 34.9 Å². The number of anilines is 1. The summed E-state index contributed by atoms with van der Waals surface area (Å²) in [4.78, 5) is 28.5. The first-order valence-corrected chi connectivity index (χ1v) is 10.0. The summed E-state index contributed by atoms with van der Waals surface area (Å²) >= 11 is 0. The summed E-state index contributed by atoms with van der Waals surface area (Å²) in [6, 6.07) is 15.7. The minimum absolute atomic E-state index is 0.0463. The molecule has 1 saturated heterocycles. The lowest BCUT2D eigenvalue weighted by molar-refractivity contribution is -0.116. The third kappa shape index (κ3) is 4.93. The first-order chi connectivity index (χ1) is 14.1. The normalized spacial score (nSPS) is 19.6. The van der Waals surface area contributed by atoms with Gasteiger partial charge in [0.25, 0.3) is 0 Å². The summed E-state index contributed by atoms with van der Waals surface area (Å²) in [5, 5.41) is 2.86. The fourth-order valence-electron chi connectivity index (χ4n) is 4.04. The molecule has 0 spiro atoms. The van der Waals surface area contributed by atoms with E-state index in [9.17, 15) is 9.59 Å². The Labute approximate surface area is 168 Å². The summed E-state index contributed by atoms with van der Waals surface area (Å²) in [5.74, 6) is -0.135. The maximum atomic E-state index is 12.3. The lowest BCUT2D eigenvalue weighted by Gasteiger charge is -2.15. The molecular weight excluding hydrogens is 368 g/mol. The van der Waals surface area contributed by atoms with Gasteiger partial charge in [0.1, 0.15) is 0 Å². The van der Waals surface area contributed by atoms with E-state index in [0.717, 1.165) is 32.5 Å². The highest BCUT2D eigenvalue weighted by Crippen LogP contribution is 2.23. The van der Waals surface area contributed by atoms with Crippen molar-refractivity contribution in [1.82, 2.24) is 9.88 Å². The fraction of sp³-hybridized carbons (Fsp3) is 0.364. The van der Waals surface area contributed by atoms with Gasteiger partial charge in [-0.1, -0.05) is 30.3 Å². The van der Waals surface area contributed by atoms with Gasteiger partial charge in [0.05, 0.1) is 5.52 Å². The second-order valence-electron chi connectivity index (χ2n) is 7.77. The summed E-state index contributed by atoms with van der Waals surface area (Å²) < 4.78 is 5.02. The van der Waals surface area contributed by atoms with Crippen molar-refractivity contribution in [3.05, 3.63) is 64.6 Å². The van der Waals surface area contributed by atoms with Crippen molar-refractivity contribution < 1.29 is 9.21 Å². The van der Waals surface area contributed by atoms with Crippen molar-refractivity contribution in [1.29, 1.82) is 0 Å². The van der Waals surface area contributed by atoms with E-state index in [1.54, 1.807) is 18.2 Å². The summed E-state index contributed by atoms with van der Waals surface area (Å²) in [6.07, 6.45) is 2.17. The number of amides is 1. The van der Waals surface area contributed by atoms with E-state index < -0.39 is 5.76 Å². The monoisotopic (exact) mass is 394 g/mol. The van der Waals surface area contributed by atoms with Gasteiger partial charge in [-0.05, 0) is 36.5 Å². The number of hydrogen-bond acceptors (Lipinski definition) is 5. The molecule has 0 aliphatic carbocycles. The van der Waals surface area contributed by atoms with E-state index in [0.29, 0.717) is 29.1 Å². The molecule has 1 aliphatic rings. The van der Waals surface area contributed by atoms with Crippen LogP contribution in [0.2, 0.25) is 0 Å². The number of rotatable bonds is 7. The van der Waals surface area contributed by atoms with Gasteiger partial charge in [0.15, 0.2) is 5.58 Å². The maximum absolute atomic E-state index is 12.3. The highest BCUT2D eigenvalue weighted by atomic mass is 16.4. The van der Waals surface area contributed by atoms with Crippen LogP contribution in [0.5, 0.6) is 0 Å². The van der Waals surface area contributed by atoms with E-state index in [4.69, 9.17) is 10.2 Å². The standard InChI is InChI=1S/C22H26N4O3/c23-18-14-26(12-15-5-2-1-3-6-15)13-16(18)7-4-8-21(27)24-17-9-10-19-20(11-17)29-22(28)25-19/h1-3,5-6,9-11,16,18H,4,7-8,12-14,23H2,(H,24,27)(H,25,28)/t16-,18+/m1/s1.